The van der Waals surface area contributed by atoms with Gasteiger partial charge in [0, 0.05) is 36.3 Å². The number of allylic oxidation sites excluding steroid dienone is 1. The SMILES string of the molecule is CC1(C)CC(=O)C2=C(C1)N=C1SCCC(=O)N1C2c1ccc([N+](=O)[O-])cc1. The monoisotopic (exact) mass is 385 g/mol. The molecule has 2 aliphatic heterocycles. The summed E-state index contributed by atoms with van der Waals surface area (Å²) in [5, 5.41) is 11.6. The molecule has 7 nitrogen and oxygen atoms in total. The van der Waals surface area contributed by atoms with E-state index in [2.05, 4.69) is 4.99 Å². The minimum Gasteiger partial charge on any atom is -0.294 e. The summed E-state index contributed by atoms with van der Waals surface area (Å²) in [6.45, 7) is 4.09. The molecule has 0 N–H and O–H groups in total. The molecule has 27 heavy (non-hydrogen) atoms. The largest absolute Gasteiger partial charge is 0.294 e. The number of thioether (sulfide) groups is 1. The van der Waals surface area contributed by atoms with Crippen LogP contribution in [0.1, 0.15) is 44.7 Å². The molecule has 1 aromatic carbocycles. The highest BCUT2D eigenvalue weighted by atomic mass is 32.2. The van der Waals surface area contributed by atoms with Gasteiger partial charge in [0.05, 0.1) is 16.7 Å². The molecule has 140 valence electrons. The standard InChI is InChI=1S/C19H19N3O4S/c1-19(2)9-13-16(14(23)10-19)17(11-3-5-12(6-4-11)22(25)26)21-15(24)7-8-27-18(21)20-13/h3-6,17H,7-10H2,1-2H3. The zero-order valence-electron chi connectivity index (χ0n) is 15.1. The van der Waals surface area contributed by atoms with E-state index >= 15 is 0 Å². The molecule has 1 amide bonds. The molecule has 2 heterocycles. The number of nitrogens with zero attached hydrogens (tertiary/aromatic N) is 3. The van der Waals surface area contributed by atoms with E-state index in [0.29, 0.717) is 41.3 Å². The molecular formula is C19H19N3O4S. The number of amides is 1. The fourth-order valence-electron chi connectivity index (χ4n) is 3.92. The van der Waals surface area contributed by atoms with Crippen molar-refractivity contribution in [2.24, 2.45) is 10.4 Å². The van der Waals surface area contributed by atoms with Crippen molar-refractivity contribution in [2.45, 2.75) is 39.2 Å². The fourth-order valence-corrected chi connectivity index (χ4v) is 4.90. The highest BCUT2D eigenvalue weighted by molar-refractivity contribution is 8.14. The van der Waals surface area contributed by atoms with Gasteiger partial charge in [-0.15, -0.1) is 0 Å². The van der Waals surface area contributed by atoms with Crippen LogP contribution in [0.25, 0.3) is 0 Å². The van der Waals surface area contributed by atoms with E-state index < -0.39 is 11.0 Å². The van der Waals surface area contributed by atoms with E-state index in [1.165, 1.54) is 23.9 Å². The smallest absolute Gasteiger partial charge is 0.269 e. The van der Waals surface area contributed by atoms with Crippen molar-refractivity contribution in [2.75, 3.05) is 5.75 Å². The van der Waals surface area contributed by atoms with Gasteiger partial charge in [-0.3, -0.25) is 24.6 Å². The number of rotatable bonds is 2. The first kappa shape index (κ1) is 17.9. The quantitative estimate of drug-likeness (QED) is 0.573. The molecule has 1 fully saturated rings. The lowest BCUT2D eigenvalue weighted by molar-refractivity contribution is -0.384. The number of carbonyl (C=O) groups excluding carboxylic acids is 2. The number of nitro benzene ring substituents is 1. The molecule has 0 aromatic heterocycles. The second kappa shape index (κ2) is 6.30. The lowest BCUT2D eigenvalue weighted by atomic mass is 9.73. The number of nitro groups is 1. The molecule has 4 rings (SSSR count). The van der Waals surface area contributed by atoms with Gasteiger partial charge in [-0.1, -0.05) is 25.6 Å². The Balaban J connectivity index is 1.86. The van der Waals surface area contributed by atoms with Crippen molar-refractivity contribution < 1.29 is 14.5 Å². The maximum atomic E-state index is 13.0. The Morgan fingerprint density at radius 1 is 1.22 bits per heavy atom. The van der Waals surface area contributed by atoms with E-state index in [-0.39, 0.29) is 22.8 Å². The zero-order valence-corrected chi connectivity index (χ0v) is 15.9. The molecule has 1 unspecified atom stereocenters. The topological polar surface area (TPSA) is 92.9 Å². The minimum absolute atomic E-state index is 0.00391. The second-order valence-corrected chi connectivity index (χ2v) is 8.87. The van der Waals surface area contributed by atoms with Crippen LogP contribution in [0, 0.1) is 15.5 Å². The van der Waals surface area contributed by atoms with Crippen molar-refractivity contribution in [3.63, 3.8) is 0 Å². The molecule has 1 saturated heterocycles. The molecular weight excluding hydrogens is 366 g/mol. The number of Topliss-reactive ketones (excluding diaryl/α,β-unsaturated/α-hetero) is 1. The number of carbonyl (C=O) groups is 2. The Hall–Kier alpha value is -2.48. The van der Waals surface area contributed by atoms with Crippen LogP contribution in [0.3, 0.4) is 0 Å². The maximum Gasteiger partial charge on any atom is 0.269 e. The highest BCUT2D eigenvalue weighted by Crippen LogP contribution is 2.47. The van der Waals surface area contributed by atoms with E-state index in [1.54, 1.807) is 17.0 Å². The van der Waals surface area contributed by atoms with Crippen molar-refractivity contribution in [3.05, 3.63) is 51.2 Å². The Morgan fingerprint density at radius 2 is 1.93 bits per heavy atom. The Morgan fingerprint density at radius 3 is 2.59 bits per heavy atom. The molecule has 0 saturated carbocycles. The van der Waals surface area contributed by atoms with E-state index in [4.69, 9.17) is 0 Å². The van der Waals surface area contributed by atoms with Crippen molar-refractivity contribution in [3.8, 4) is 0 Å². The van der Waals surface area contributed by atoms with E-state index in [9.17, 15) is 19.7 Å². The number of benzene rings is 1. The predicted molar refractivity (Wildman–Crippen MR) is 102 cm³/mol. The van der Waals surface area contributed by atoms with Crippen LogP contribution in [-0.2, 0) is 9.59 Å². The van der Waals surface area contributed by atoms with Crippen LogP contribution >= 0.6 is 11.8 Å². The minimum atomic E-state index is -0.558. The Labute approximate surface area is 160 Å². The maximum absolute atomic E-state index is 13.0. The number of hydrogen-bond acceptors (Lipinski definition) is 6. The van der Waals surface area contributed by atoms with Crippen molar-refractivity contribution in [1.29, 1.82) is 0 Å². The Bertz CT molecular complexity index is 917. The van der Waals surface area contributed by atoms with Gasteiger partial charge in [0.25, 0.3) is 5.69 Å². The molecule has 3 aliphatic rings. The van der Waals surface area contributed by atoms with Crippen LogP contribution in [0.2, 0.25) is 0 Å². The molecule has 0 spiro atoms. The van der Waals surface area contributed by atoms with Gasteiger partial charge >= 0.3 is 0 Å². The number of fused-ring (bicyclic) bond motifs is 1. The van der Waals surface area contributed by atoms with Gasteiger partial charge in [0.2, 0.25) is 5.91 Å². The van der Waals surface area contributed by atoms with Crippen LogP contribution in [0.4, 0.5) is 5.69 Å². The first-order chi connectivity index (χ1) is 12.8. The average Bonchev–Trinajstić information content (AvgIpc) is 2.59. The summed E-state index contributed by atoms with van der Waals surface area (Å²) in [5.74, 6) is 0.594. The number of amidine groups is 1. The summed E-state index contributed by atoms with van der Waals surface area (Å²) in [6.07, 6.45) is 1.45. The lowest BCUT2D eigenvalue weighted by Gasteiger charge is -2.43. The van der Waals surface area contributed by atoms with Gasteiger partial charge in [0.15, 0.2) is 11.0 Å². The van der Waals surface area contributed by atoms with Gasteiger partial charge in [-0.05, 0) is 29.5 Å². The normalized spacial score (nSPS) is 24.3. The molecule has 1 atom stereocenters. The number of ketones is 1. The highest BCUT2D eigenvalue weighted by Gasteiger charge is 2.45. The summed E-state index contributed by atoms with van der Waals surface area (Å²) < 4.78 is 0. The summed E-state index contributed by atoms with van der Waals surface area (Å²) in [5.41, 5.74) is 1.80. The van der Waals surface area contributed by atoms with E-state index in [0.717, 1.165) is 5.70 Å². The van der Waals surface area contributed by atoms with Crippen molar-refractivity contribution >= 4 is 34.3 Å². The van der Waals surface area contributed by atoms with Gasteiger partial charge in [0.1, 0.15) is 0 Å². The van der Waals surface area contributed by atoms with Crippen LogP contribution in [-0.4, -0.2) is 32.4 Å². The summed E-state index contributed by atoms with van der Waals surface area (Å²) >= 11 is 1.52. The first-order valence-corrected chi connectivity index (χ1v) is 9.79. The third-order valence-electron chi connectivity index (χ3n) is 5.10. The molecule has 1 aliphatic carbocycles. The third kappa shape index (κ3) is 3.07. The second-order valence-electron chi connectivity index (χ2n) is 7.81. The van der Waals surface area contributed by atoms with Crippen molar-refractivity contribution in [1.82, 2.24) is 4.90 Å². The third-order valence-corrected chi connectivity index (χ3v) is 6.05. The lowest BCUT2D eigenvalue weighted by Crippen LogP contribution is -2.47. The van der Waals surface area contributed by atoms with Crippen LogP contribution in [0.5, 0.6) is 0 Å². The fraction of sp³-hybridized carbons (Fsp3) is 0.421. The summed E-state index contributed by atoms with van der Waals surface area (Å²) in [7, 11) is 0. The van der Waals surface area contributed by atoms with Gasteiger partial charge < -0.3 is 0 Å². The zero-order chi connectivity index (χ0) is 19.3. The van der Waals surface area contributed by atoms with Crippen LogP contribution in [0.15, 0.2) is 40.5 Å². The first-order valence-electron chi connectivity index (χ1n) is 8.81. The summed E-state index contributed by atoms with van der Waals surface area (Å²) in [6, 6.07) is 5.54. The molecule has 1 aromatic rings. The van der Waals surface area contributed by atoms with E-state index in [1.807, 2.05) is 13.8 Å². The molecule has 0 bridgehead atoms. The molecule has 8 heteroatoms. The number of non-ortho nitro benzene ring substituents is 1. The van der Waals surface area contributed by atoms with Gasteiger partial charge in [-0.2, -0.15) is 0 Å². The number of hydrogen-bond donors (Lipinski definition) is 0. The van der Waals surface area contributed by atoms with Gasteiger partial charge in [-0.25, -0.2) is 4.99 Å². The predicted octanol–water partition coefficient (Wildman–Crippen LogP) is 3.61. The summed E-state index contributed by atoms with van der Waals surface area (Å²) in [4.78, 5) is 42.5. The van der Waals surface area contributed by atoms with Crippen LogP contribution < -0.4 is 0 Å². The molecule has 0 radical (unpaired) electrons. The average molecular weight is 385 g/mol. The Kier molecular flexibility index (Phi) is 4.18. The number of aliphatic imine (C=N–C) groups is 1.